The SMILES string of the molecule is Cc1cc(Br)ccc1NC(=O)C(C)(C)CN.Cl. The second-order valence-corrected chi connectivity index (χ2v) is 5.42. The van der Waals surface area contributed by atoms with Crippen LogP contribution in [0.3, 0.4) is 0 Å². The van der Waals surface area contributed by atoms with Crippen LogP contribution < -0.4 is 11.1 Å². The second kappa shape index (κ2) is 6.38. The van der Waals surface area contributed by atoms with Gasteiger partial charge in [-0.05, 0) is 44.5 Å². The van der Waals surface area contributed by atoms with E-state index in [1.165, 1.54) is 0 Å². The highest BCUT2D eigenvalue weighted by Gasteiger charge is 2.25. The van der Waals surface area contributed by atoms with E-state index < -0.39 is 5.41 Å². The number of nitrogens with one attached hydrogen (secondary N) is 1. The molecule has 3 nitrogen and oxygen atoms in total. The van der Waals surface area contributed by atoms with Crippen molar-refractivity contribution in [1.29, 1.82) is 0 Å². The molecule has 5 heteroatoms. The van der Waals surface area contributed by atoms with Crippen LogP contribution in [0.2, 0.25) is 0 Å². The van der Waals surface area contributed by atoms with Gasteiger partial charge in [0.25, 0.3) is 0 Å². The highest BCUT2D eigenvalue weighted by Crippen LogP contribution is 2.22. The lowest BCUT2D eigenvalue weighted by molar-refractivity contribution is -0.123. The van der Waals surface area contributed by atoms with Gasteiger partial charge >= 0.3 is 0 Å². The van der Waals surface area contributed by atoms with Crippen molar-refractivity contribution < 1.29 is 4.79 Å². The number of aryl methyl sites for hydroxylation is 1. The van der Waals surface area contributed by atoms with Crippen molar-refractivity contribution in [1.82, 2.24) is 0 Å². The van der Waals surface area contributed by atoms with Crippen LogP contribution in [0.15, 0.2) is 22.7 Å². The van der Waals surface area contributed by atoms with Crippen LogP contribution in [0, 0.1) is 12.3 Å². The van der Waals surface area contributed by atoms with E-state index in [4.69, 9.17) is 5.73 Å². The summed E-state index contributed by atoms with van der Waals surface area (Å²) < 4.78 is 1.00. The highest BCUT2D eigenvalue weighted by atomic mass is 79.9. The van der Waals surface area contributed by atoms with Gasteiger partial charge in [0.15, 0.2) is 0 Å². The van der Waals surface area contributed by atoms with E-state index in [0.717, 1.165) is 15.7 Å². The van der Waals surface area contributed by atoms with Gasteiger partial charge in [-0.25, -0.2) is 0 Å². The van der Waals surface area contributed by atoms with Crippen molar-refractivity contribution in [3.05, 3.63) is 28.2 Å². The van der Waals surface area contributed by atoms with E-state index in [-0.39, 0.29) is 18.3 Å². The predicted octanol–water partition coefficient (Wildman–Crippen LogP) is 3.10. The third-order valence-corrected chi connectivity index (χ3v) is 3.05. The number of carbonyl (C=O) groups is 1. The molecule has 1 aromatic carbocycles. The lowest BCUT2D eigenvalue weighted by atomic mass is 9.92. The number of halogens is 2. The van der Waals surface area contributed by atoms with Gasteiger partial charge in [-0.3, -0.25) is 4.79 Å². The Morgan fingerprint density at radius 1 is 1.47 bits per heavy atom. The normalized spacial score (nSPS) is 10.6. The molecule has 96 valence electrons. The zero-order valence-electron chi connectivity index (χ0n) is 10.2. The predicted molar refractivity (Wildman–Crippen MR) is 77.6 cm³/mol. The van der Waals surface area contributed by atoms with Crippen LogP contribution in [0.1, 0.15) is 19.4 Å². The van der Waals surface area contributed by atoms with Crippen molar-refractivity contribution in [2.24, 2.45) is 11.1 Å². The number of nitrogens with two attached hydrogens (primary N) is 1. The summed E-state index contributed by atoms with van der Waals surface area (Å²) in [4.78, 5) is 11.9. The minimum Gasteiger partial charge on any atom is -0.329 e. The van der Waals surface area contributed by atoms with Crippen LogP contribution in [-0.2, 0) is 4.79 Å². The molecule has 0 bridgehead atoms. The Morgan fingerprint density at radius 3 is 2.53 bits per heavy atom. The van der Waals surface area contributed by atoms with Gasteiger partial charge in [0.1, 0.15) is 0 Å². The lowest BCUT2D eigenvalue weighted by Gasteiger charge is -2.22. The van der Waals surface area contributed by atoms with E-state index in [9.17, 15) is 4.79 Å². The molecule has 0 heterocycles. The number of hydrogen-bond acceptors (Lipinski definition) is 2. The molecule has 0 aliphatic rings. The highest BCUT2D eigenvalue weighted by molar-refractivity contribution is 9.10. The van der Waals surface area contributed by atoms with Crippen LogP contribution in [-0.4, -0.2) is 12.5 Å². The number of benzene rings is 1. The van der Waals surface area contributed by atoms with Gasteiger partial charge in [-0.1, -0.05) is 15.9 Å². The van der Waals surface area contributed by atoms with Crippen LogP contribution in [0.5, 0.6) is 0 Å². The fourth-order valence-electron chi connectivity index (χ4n) is 1.15. The van der Waals surface area contributed by atoms with Crippen molar-refractivity contribution >= 4 is 39.9 Å². The summed E-state index contributed by atoms with van der Waals surface area (Å²) in [6.45, 7) is 5.94. The quantitative estimate of drug-likeness (QED) is 0.899. The fourth-order valence-corrected chi connectivity index (χ4v) is 1.63. The molecule has 0 unspecified atom stereocenters. The standard InChI is InChI=1S/C12H17BrN2O.ClH/c1-8-6-9(13)4-5-10(8)15-11(16)12(2,3)7-14;/h4-6H,7,14H2,1-3H3,(H,15,16);1H. The Morgan fingerprint density at radius 2 is 2.06 bits per heavy atom. The second-order valence-electron chi connectivity index (χ2n) is 4.50. The minimum atomic E-state index is -0.542. The Bertz CT molecular complexity index is 407. The first kappa shape index (κ1) is 16.4. The summed E-state index contributed by atoms with van der Waals surface area (Å²) in [5, 5.41) is 2.89. The summed E-state index contributed by atoms with van der Waals surface area (Å²) >= 11 is 3.38. The summed E-state index contributed by atoms with van der Waals surface area (Å²) in [7, 11) is 0. The maximum absolute atomic E-state index is 11.9. The summed E-state index contributed by atoms with van der Waals surface area (Å²) in [6.07, 6.45) is 0. The van der Waals surface area contributed by atoms with Gasteiger partial charge in [0.2, 0.25) is 5.91 Å². The monoisotopic (exact) mass is 320 g/mol. The molecule has 3 N–H and O–H groups in total. The summed E-state index contributed by atoms with van der Waals surface area (Å²) in [6, 6.07) is 5.74. The Hall–Kier alpha value is -0.580. The fraction of sp³-hybridized carbons (Fsp3) is 0.417. The minimum absolute atomic E-state index is 0. The third-order valence-electron chi connectivity index (χ3n) is 2.56. The molecular formula is C12H18BrClN2O. The van der Waals surface area contributed by atoms with E-state index in [0.29, 0.717) is 6.54 Å². The van der Waals surface area contributed by atoms with Gasteiger partial charge in [0, 0.05) is 16.7 Å². The Balaban J connectivity index is 0.00000256. The Kier molecular flexibility index (Phi) is 6.16. The number of rotatable bonds is 3. The van der Waals surface area contributed by atoms with Gasteiger partial charge in [0.05, 0.1) is 5.41 Å². The average Bonchev–Trinajstić information content (AvgIpc) is 2.22. The number of amides is 1. The maximum atomic E-state index is 11.9. The van der Waals surface area contributed by atoms with E-state index >= 15 is 0 Å². The maximum Gasteiger partial charge on any atom is 0.231 e. The average molecular weight is 322 g/mol. The zero-order chi connectivity index (χ0) is 12.3. The molecular weight excluding hydrogens is 304 g/mol. The largest absolute Gasteiger partial charge is 0.329 e. The third kappa shape index (κ3) is 4.30. The molecule has 1 rings (SSSR count). The van der Waals surface area contributed by atoms with Gasteiger partial charge < -0.3 is 11.1 Å². The van der Waals surface area contributed by atoms with E-state index in [1.807, 2.05) is 39.0 Å². The number of hydrogen-bond donors (Lipinski definition) is 2. The topological polar surface area (TPSA) is 55.1 Å². The van der Waals surface area contributed by atoms with Crippen molar-refractivity contribution in [2.75, 3.05) is 11.9 Å². The molecule has 0 spiro atoms. The van der Waals surface area contributed by atoms with Crippen LogP contribution in [0.4, 0.5) is 5.69 Å². The molecule has 1 aromatic rings. The van der Waals surface area contributed by atoms with Crippen molar-refractivity contribution in [3.63, 3.8) is 0 Å². The molecule has 17 heavy (non-hydrogen) atoms. The summed E-state index contributed by atoms with van der Waals surface area (Å²) in [5.74, 6) is -0.0552. The molecule has 0 aliphatic heterocycles. The first-order valence-electron chi connectivity index (χ1n) is 5.14. The van der Waals surface area contributed by atoms with Crippen LogP contribution >= 0.6 is 28.3 Å². The zero-order valence-corrected chi connectivity index (χ0v) is 12.6. The smallest absolute Gasteiger partial charge is 0.231 e. The number of carbonyl (C=O) groups excluding carboxylic acids is 1. The molecule has 0 saturated heterocycles. The number of anilines is 1. The van der Waals surface area contributed by atoms with Crippen molar-refractivity contribution in [2.45, 2.75) is 20.8 Å². The molecule has 1 amide bonds. The van der Waals surface area contributed by atoms with E-state index in [2.05, 4.69) is 21.2 Å². The van der Waals surface area contributed by atoms with Crippen molar-refractivity contribution in [3.8, 4) is 0 Å². The van der Waals surface area contributed by atoms with Gasteiger partial charge in [-0.15, -0.1) is 12.4 Å². The molecule has 0 saturated carbocycles. The molecule has 0 aromatic heterocycles. The molecule has 0 aliphatic carbocycles. The first-order valence-corrected chi connectivity index (χ1v) is 5.94. The van der Waals surface area contributed by atoms with E-state index in [1.54, 1.807) is 0 Å². The Labute approximate surface area is 117 Å². The molecule has 0 atom stereocenters. The summed E-state index contributed by atoms with van der Waals surface area (Å²) in [5.41, 5.74) is 6.86. The molecule has 0 radical (unpaired) electrons. The lowest BCUT2D eigenvalue weighted by Crippen LogP contribution is -2.37. The first-order chi connectivity index (χ1) is 7.36. The van der Waals surface area contributed by atoms with Gasteiger partial charge in [-0.2, -0.15) is 0 Å². The van der Waals surface area contributed by atoms with Crippen LogP contribution in [0.25, 0.3) is 0 Å². The molecule has 0 fully saturated rings.